The standard InChI is InChI=1S/C17H20N2OS/c1-11-8-9-21-17(11)16(18-2)13-6-7-14-12(10-13)4-3-5-15(20)19-14/h6-10,16,18H,3-5H2,1-2H3,(H,19,20). The third-order valence-electron chi connectivity index (χ3n) is 4.04. The van der Waals surface area contributed by atoms with Gasteiger partial charge in [-0.2, -0.15) is 0 Å². The summed E-state index contributed by atoms with van der Waals surface area (Å²) in [4.78, 5) is 13.0. The lowest BCUT2D eigenvalue weighted by atomic mass is 9.98. The number of aryl methyl sites for hydroxylation is 2. The van der Waals surface area contributed by atoms with Crippen LogP contribution in [0.15, 0.2) is 29.6 Å². The minimum atomic E-state index is 0.126. The Hall–Kier alpha value is -1.65. The van der Waals surface area contributed by atoms with Gasteiger partial charge in [-0.05, 0) is 61.0 Å². The zero-order chi connectivity index (χ0) is 14.8. The monoisotopic (exact) mass is 300 g/mol. The Morgan fingerprint density at radius 3 is 2.86 bits per heavy atom. The first-order valence-corrected chi connectivity index (χ1v) is 8.21. The van der Waals surface area contributed by atoms with Crippen molar-refractivity contribution in [3.05, 3.63) is 51.2 Å². The molecule has 0 fully saturated rings. The maximum Gasteiger partial charge on any atom is 0.224 e. The summed E-state index contributed by atoms with van der Waals surface area (Å²) in [5, 5.41) is 8.55. The average Bonchev–Trinajstić information content (AvgIpc) is 2.79. The van der Waals surface area contributed by atoms with Crippen LogP contribution in [-0.4, -0.2) is 13.0 Å². The Kier molecular flexibility index (Phi) is 4.08. The lowest BCUT2D eigenvalue weighted by Gasteiger charge is -2.18. The minimum absolute atomic E-state index is 0.126. The number of nitrogens with one attached hydrogen (secondary N) is 2. The van der Waals surface area contributed by atoms with E-state index in [2.05, 4.69) is 41.1 Å². The predicted octanol–water partition coefficient (Wildman–Crippen LogP) is 3.64. The van der Waals surface area contributed by atoms with Crippen molar-refractivity contribution >= 4 is 22.9 Å². The van der Waals surface area contributed by atoms with E-state index in [4.69, 9.17) is 0 Å². The fourth-order valence-electron chi connectivity index (χ4n) is 2.90. The number of carbonyl (C=O) groups excluding carboxylic acids is 1. The van der Waals surface area contributed by atoms with Gasteiger partial charge in [-0.1, -0.05) is 12.1 Å². The van der Waals surface area contributed by atoms with Gasteiger partial charge >= 0.3 is 0 Å². The Morgan fingerprint density at radius 2 is 2.14 bits per heavy atom. The number of hydrogen-bond acceptors (Lipinski definition) is 3. The normalized spacial score (nSPS) is 16.0. The molecule has 0 radical (unpaired) electrons. The second-order valence-electron chi connectivity index (χ2n) is 5.51. The Balaban J connectivity index is 1.97. The van der Waals surface area contributed by atoms with Crippen LogP contribution in [0, 0.1) is 6.92 Å². The zero-order valence-corrected chi connectivity index (χ0v) is 13.2. The van der Waals surface area contributed by atoms with E-state index < -0.39 is 0 Å². The van der Waals surface area contributed by atoms with E-state index in [0.717, 1.165) is 18.5 Å². The van der Waals surface area contributed by atoms with Gasteiger partial charge in [0.1, 0.15) is 0 Å². The van der Waals surface area contributed by atoms with Crippen molar-refractivity contribution in [2.75, 3.05) is 12.4 Å². The third-order valence-corrected chi connectivity index (χ3v) is 5.12. The van der Waals surface area contributed by atoms with E-state index >= 15 is 0 Å². The summed E-state index contributed by atoms with van der Waals surface area (Å²) in [6.45, 7) is 2.15. The maximum absolute atomic E-state index is 11.6. The summed E-state index contributed by atoms with van der Waals surface area (Å²) < 4.78 is 0. The first-order chi connectivity index (χ1) is 10.2. The van der Waals surface area contributed by atoms with E-state index in [1.807, 2.05) is 13.1 Å². The number of thiophene rings is 1. The summed E-state index contributed by atoms with van der Waals surface area (Å²) in [6, 6.07) is 8.77. The summed E-state index contributed by atoms with van der Waals surface area (Å²) in [5.41, 5.74) is 4.80. The van der Waals surface area contributed by atoms with Crippen LogP contribution >= 0.6 is 11.3 Å². The van der Waals surface area contributed by atoms with Crippen molar-refractivity contribution in [1.82, 2.24) is 5.32 Å². The van der Waals surface area contributed by atoms with E-state index in [0.29, 0.717) is 6.42 Å². The van der Waals surface area contributed by atoms with Gasteiger partial charge in [-0.15, -0.1) is 11.3 Å². The molecule has 0 aliphatic carbocycles. The van der Waals surface area contributed by atoms with Gasteiger partial charge in [0.25, 0.3) is 0 Å². The first-order valence-electron chi connectivity index (χ1n) is 7.33. The molecule has 0 saturated carbocycles. The summed E-state index contributed by atoms with van der Waals surface area (Å²) in [5.74, 6) is 0.126. The molecule has 2 aromatic rings. The molecule has 0 spiro atoms. The number of fused-ring (bicyclic) bond motifs is 1. The zero-order valence-electron chi connectivity index (χ0n) is 12.4. The molecule has 110 valence electrons. The molecule has 3 rings (SSSR count). The molecule has 4 heteroatoms. The van der Waals surface area contributed by atoms with E-state index in [1.54, 1.807) is 11.3 Å². The SMILES string of the molecule is CNC(c1ccc2c(c1)CCCC(=O)N2)c1sccc1C. The highest BCUT2D eigenvalue weighted by Crippen LogP contribution is 2.32. The highest BCUT2D eigenvalue weighted by atomic mass is 32.1. The highest BCUT2D eigenvalue weighted by Gasteiger charge is 2.19. The number of carbonyl (C=O) groups is 1. The van der Waals surface area contributed by atoms with Crippen molar-refractivity contribution in [3.8, 4) is 0 Å². The number of amides is 1. The highest BCUT2D eigenvalue weighted by molar-refractivity contribution is 7.10. The third kappa shape index (κ3) is 2.87. The van der Waals surface area contributed by atoms with Crippen molar-refractivity contribution in [2.24, 2.45) is 0 Å². The summed E-state index contributed by atoms with van der Waals surface area (Å²) in [6.07, 6.45) is 2.50. The second kappa shape index (κ2) is 6.00. The Morgan fingerprint density at radius 1 is 1.29 bits per heavy atom. The van der Waals surface area contributed by atoms with Crippen LogP contribution in [0.25, 0.3) is 0 Å². The van der Waals surface area contributed by atoms with Crippen molar-refractivity contribution in [1.29, 1.82) is 0 Å². The molecular weight excluding hydrogens is 280 g/mol. The molecule has 3 nitrogen and oxygen atoms in total. The topological polar surface area (TPSA) is 41.1 Å². The van der Waals surface area contributed by atoms with Crippen LogP contribution in [0.3, 0.4) is 0 Å². The van der Waals surface area contributed by atoms with Gasteiger partial charge < -0.3 is 10.6 Å². The van der Waals surface area contributed by atoms with Gasteiger partial charge in [0.05, 0.1) is 6.04 Å². The average molecular weight is 300 g/mol. The van der Waals surface area contributed by atoms with Crippen LogP contribution in [0.2, 0.25) is 0 Å². The fourth-order valence-corrected chi connectivity index (χ4v) is 3.97. The smallest absolute Gasteiger partial charge is 0.224 e. The van der Waals surface area contributed by atoms with Gasteiger partial charge in [-0.25, -0.2) is 0 Å². The maximum atomic E-state index is 11.6. The number of hydrogen-bond donors (Lipinski definition) is 2. The fraction of sp³-hybridized carbons (Fsp3) is 0.353. The molecule has 1 unspecified atom stereocenters. The molecular formula is C17H20N2OS. The molecule has 1 aromatic heterocycles. The van der Waals surface area contributed by atoms with Crippen LogP contribution < -0.4 is 10.6 Å². The van der Waals surface area contributed by atoms with Crippen molar-refractivity contribution < 1.29 is 4.79 Å². The molecule has 2 N–H and O–H groups in total. The van der Waals surface area contributed by atoms with Gasteiger partial charge in [-0.3, -0.25) is 4.79 Å². The lowest BCUT2D eigenvalue weighted by Crippen LogP contribution is -2.17. The molecule has 0 saturated heterocycles. The van der Waals surface area contributed by atoms with E-state index in [-0.39, 0.29) is 11.9 Å². The summed E-state index contributed by atoms with van der Waals surface area (Å²) >= 11 is 1.79. The van der Waals surface area contributed by atoms with Crippen molar-refractivity contribution in [3.63, 3.8) is 0 Å². The minimum Gasteiger partial charge on any atom is -0.326 e. The predicted molar refractivity (Wildman–Crippen MR) is 88.0 cm³/mol. The van der Waals surface area contributed by atoms with Gasteiger partial charge in [0, 0.05) is 17.0 Å². The Bertz CT molecular complexity index is 663. The van der Waals surface area contributed by atoms with Crippen LogP contribution in [0.1, 0.15) is 40.5 Å². The molecule has 1 aliphatic heterocycles. The molecule has 0 bridgehead atoms. The lowest BCUT2D eigenvalue weighted by molar-refractivity contribution is -0.116. The van der Waals surface area contributed by atoms with Gasteiger partial charge in [0.2, 0.25) is 5.91 Å². The van der Waals surface area contributed by atoms with Crippen LogP contribution in [0.5, 0.6) is 0 Å². The molecule has 1 aliphatic rings. The largest absolute Gasteiger partial charge is 0.326 e. The quantitative estimate of drug-likeness (QED) is 0.908. The van der Waals surface area contributed by atoms with Gasteiger partial charge in [0.15, 0.2) is 0 Å². The van der Waals surface area contributed by atoms with E-state index in [1.165, 1.54) is 21.6 Å². The van der Waals surface area contributed by atoms with Crippen molar-refractivity contribution in [2.45, 2.75) is 32.2 Å². The number of anilines is 1. The van der Waals surface area contributed by atoms with Crippen LogP contribution in [-0.2, 0) is 11.2 Å². The number of benzene rings is 1. The molecule has 1 atom stereocenters. The first kappa shape index (κ1) is 14.3. The second-order valence-corrected chi connectivity index (χ2v) is 6.46. The summed E-state index contributed by atoms with van der Waals surface area (Å²) in [7, 11) is 2.00. The Labute approximate surface area is 129 Å². The van der Waals surface area contributed by atoms with Crippen LogP contribution in [0.4, 0.5) is 5.69 Å². The molecule has 1 amide bonds. The molecule has 21 heavy (non-hydrogen) atoms. The van der Waals surface area contributed by atoms with E-state index in [9.17, 15) is 4.79 Å². The molecule has 2 heterocycles. The number of rotatable bonds is 3. The molecule has 1 aromatic carbocycles.